The van der Waals surface area contributed by atoms with Crippen molar-refractivity contribution in [2.75, 3.05) is 5.75 Å². The van der Waals surface area contributed by atoms with Gasteiger partial charge in [0.2, 0.25) is 0 Å². The van der Waals surface area contributed by atoms with Crippen LogP contribution in [0, 0.1) is 0 Å². The molecular weight excluding hydrogens is 222 g/mol. The quantitative estimate of drug-likeness (QED) is 0.335. The lowest BCUT2D eigenvalue weighted by Crippen LogP contribution is -2.32. The van der Waals surface area contributed by atoms with E-state index in [0.29, 0.717) is 11.3 Å². The second-order valence-corrected chi connectivity index (χ2v) is 5.84. The van der Waals surface area contributed by atoms with E-state index >= 15 is 0 Å². The van der Waals surface area contributed by atoms with Gasteiger partial charge in [0, 0.05) is 5.75 Å². The van der Waals surface area contributed by atoms with Gasteiger partial charge in [-0.3, -0.25) is 0 Å². The summed E-state index contributed by atoms with van der Waals surface area (Å²) in [5, 5.41) is 3.91. The lowest BCUT2D eigenvalue weighted by atomic mass is 9.83. The van der Waals surface area contributed by atoms with Gasteiger partial charge in [-0.05, 0) is 25.7 Å². The first-order valence-corrected chi connectivity index (χ1v) is 7.07. The van der Waals surface area contributed by atoms with Crippen LogP contribution in [0.4, 0.5) is 0 Å². The molecule has 1 aliphatic heterocycles. The van der Waals surface area contributed by atoms with Crippen LogP contribution in [0.3, 0.4) is 0 Å². The summed E-state index contributed by atoms with van der Waals surface area (Å²) >= 11 is 1.50. The molecular formula is C11H21N3OS. The Morgan fingerprint density at radius 2 is 2.06 bits per heavy atom. The Labute approximate surface area is 101 Å². The van der Waals surface area contributed by atoms with Gasteiger partial charge in [-0.15, -0.1) is 0 Å². The van der Waals surface area contributed by atoms with E-state index in [1.165, 1.54) is 50.3 Å². The van der Waals surface area contributed by atoms with E-state index in [9.17, 15) is 0 Å². The van der Waals surface area contributed by atoms with Crippen LogP contribution in [0.25, 0.3) is 0 Å². The van der Waals surface area contributed by atoms with Crippen LogP contribution >= 0.6 is 11.8 Å². The van der Waals surface area contributed by atoms with Gasteiger partial charge in [0.15, 0.2) is 5.17 Å². The van der Waals surface area contributed by atoms with Gasteiger partial charge in [-0.25, -0.2) is 0 Å². The van der Waals surface area contributed by atoms with Crippen LogP contribution in [0.15, 0.2) is 5.10 Å². The summed E-state index contributed by atoms with van der Waals surface area (Å²) in [5.41, 5.74) is 5.76. The summed E-state index contributed by atoms with van der Waals surface area (Å²) in [6.45, 7) is 0. The molecule has 0 aromatic heterocycles. The highest BCUT2D eigenvalue weighted by molar-refractivity contribution is 8.13. The maximum Gasteiger partial charge on any atom is 0.177 e. The van der Waals surface area contributed by atoms with Crippen LogP contribution in [-0.2, 0) is 4.74 Å². The minimum atomic E-state index is 0.206. The number of nitrogens with two attached hydrogens (primary N) is 2. The number of rotatable bonds is 2. The van der Waals surface area contributed by atoms with Gasteiger partial charge in [-0.2, -0.15) is 5.10 Å². The molecule has 2 aliphatic rings. The normalized spacial score (nSPS) is 29.8. The summed E-state index contributed by atoms with van der Waals surface area (Å²) in [7, 11) is 0. The molecule has 1 atom stereocenters. The zero-order valence-electron chi connectivity index (χ0n) is 9.65. The Bertz CT molecular complexity index is 264. The summed E-state index contributed by atoms with van der Waals surface area (Å²) in [6, 6.07) is 0. The number of ether oxygens (including phenoxy) is 1. The summed E-state index contributed by atoms with van der Waals surface area (Å²) in [6.07, 6.45) is 9.23. The third kappa shape index (κ3) is 2.83. The highest BCUT2D eigenvalue weighted by Gasteiger charge is 2.40. The smallest absolute Gasteiger partial charge is 0.177 e. The maximum atomic E-state index is 6.21. The fourth-order valence-electron chi connectivity index (χ4n) is 2.79. The Morgan fingerprint density at radius 1 is 1.31 bits per heavy atom. The van der Waals surface area contributed by atoms with Crippen molar-refractivity contribution in [1.29, 1.82) is 0 Å². The average molecular weight is 243 g/mol. The van der Waals surface area contributed by atoms with Crippen molar-refractivity contribution in [2.24, 2.45) is 16.7 Å². The minimum absolute atomic E-state index is 0.206. The standard InChI is InChI=1S/C11H21N3OS/c12-10(14-13)16-8-9-4-7-11(15-9)5-2-1-3-6-11/h9H,1-8,13H2,(H2,12,14). The van der Waals surface area contributed by atoms with Crippen molar-refractivity contribution in [1.82, 2.24) is 0 Å². The second-order valence-electron chi connectivity index (χ2n) is 4.80. The van der Waals surface area contributed by atoms with Crippen molar-refractivity contribution < 1.29 is 4.74 Å². The summed E-state index contributed by atoms with van der Waals surface area (Å²) < 4.78 is 6.21. The van der Waals surface area contributed by atoms with Crippen molar-refractivity contribution >= 4 is 16.9 Å². The molecule has 0 amide bonds. The predicted molar refractivity (Wildman–Crippen MR) is 68.2 cm³/mol. The van der Waals surface area contributed by atoms with E-state index in [0.717, 1.165) is 12.2 Å². The molecule has 5 heteroatoms. The summed E-state index contributed by atoms with van der Waals surface area (Å²) in [4.78, 5) is 0. The largest absolute Gasteiger partial charge is 0.377 e. The van der Waals surface area contributed by atoms with Crippen molar-refractivity contribution in [3.8, 4) is 0 Å². The zero-order chi connectivity index (χ0) is 11.4. The molecule has 0 radical (unpaired) electrons. The number of thioether (sulfide) groups is 1. The molecule has 2 fully saturated rings. The SMILES string of the molecule is NN=C(N)SCC1CCC2(CCCCC2)O1. The van der Waals surface area contributed by atoms with Crippen LogP contribution in [0.1, 0.15) is 44.9 Å². The van der Waals surface area contributed by atoms with Gasteiger partial charge in [-0.1, -0.05) is 31.0 Å². The topological polar surface area (TPSA) is 73.6 Å². The van der Waals surface area contributed by atoms with Gasteiger partial charge in [0.25, 0.3) is 0 Å². The third-order valence-electron chi connectivity index (χ3n) is 3.65. The van der Waals surface area contributed by atoms with Crippen molar-refractivity contribution in [2.45, 2.75) is 56.7 Å². The molecule has 1 saturated carbocycles. The maximum absolute atomic E-state index is 6.21. The molecule has 0 aromatic carbocycles. The molecule has 1 aliphatic carbocycles. The van der Waals surface area contributed by atoms with E-state index in [2.05, 4.69) is 5.10 Å². The molecule has 1 heterocycles. The number of nitrogens with zero attached hydrogens (tertiary/aromatic N) is 1. The molecule has 2 rings (SSSR count). The first-order valence-electron chi connectivity index (χ1n) is 6.08. The Kier molecular flexibility index (Phi) is 3.97. The zero-order valence-corrected chi connectivity index (χ0v) is 10.5. The van der Waals surface area contributed by atoms with E-state index < -0.39 is 0 Å². The van der Waals surface area contributed by atoms with E-state index in [1.54, 1.807) is 0 Å². The van der Waals surface area contributed by atoms with Gasteiger partial charge in [0.05, 0.1) is 11.7 Å². The van der Waals surface area contributed by atoms with Gasteiger partial charge >= 0.3 is 0 Å². The number of hydrogen-bond acceptors (Lipinski definition) is 4. The molecule has 0 bridgehead atoms. The summed E-state index contributed by atoms with van der Waals surface area (Å²) in [5.74, 6) is 5.98. The fourth-order valence-corrected chi connectivity index (χ4v) is 3.46. The van der Waals surface area contributed by atoms with E-state index in [4.69, 9.17) is 16.3 Å². The molecule has 16 heavy (non-hydrogen) atoms. The second kappa shape index (κ2) is 5.27. The average Bonchev–Trinajstić information content (AvgIpc) is 2.70. The highest BCUT2D eigenvalue weighted by atomic mass is 32.2. The van der Waals surface area contributed by atoms with Crippen molar-refractivity contribution in [3.63, 3.8) is 0 Å². The molecule has 1 unspecified atom stereocenters. The van der Waals surface area contributed by atoms with Gasteiger partial charge < -0.3 is 16.3 Å². The molecule has 92 valence electrons. The van der Waals surface area contributed by atoms with Crippen LogP contribution in [-0.4, -0.2) is 22.6 Å². The number of amidine groups is 1. The lowest BCUT2D eigenvalue weighted by Gasteiger charge is -2.33. The fraction of sp³-hybridized carbons (Fsp3) is 0.909. The van der Waals surface area contributed by atoms with E-state index in [-0.39, 0.29) is 5.60 Å². The minimum Gasteiger partial charge on any atom is -0.377 e. The first-order chi connectivity index (χ1) is 7.74. The predicted octanol–water partition coefficient (Wildman–Crippen LogP) is 1.79. The van der Waals surface area contributed by atoms with Crippen LogP contribution in [0.5, 0.6) is 0 Å². The Morgan fingerprint density at radius 3 is 2.75 bits per heavy atom. The first kappa shape index (κ1) is 12.0. The molecule has 0 aromatic rings. The molecule has 1 spiro atoms. The third-order valence-corrected chi connectivity index (χ3v) is 4.59. The van der Waals surface area contributed by atoms with Gasteiger partial charge in [0.1, 0.15) is 0 Å². The Balaban J connectivity index is 1.78. The van der Waals surface area contributed by atoms with Crippen LogP contribution < -0.4 is 11.6 Å². The lowest BCUT2D eigenvalue weighted by molar-refractivity contribution is -0.0555. The molecule has 4 N–H and O–H groups in total. The molecule has 4 nitrogen and oxygen atoms in total. The van der Waals surface area contributed by atoms with Crippen molar-refractivity contribution in [3.05, 3.63) is 0 Å². The molecule has 1 saturated heterocycles. The highest BCUT2D eigenvalue weighted by Crippen LogP contribution is 2.42. The Hall–Kier alpha value is -0.420. The number of hydrazone groups is 1. The van der Waals surface area contributed by atoms with E-state index in [1.807, 2.05) is 0 Å². The number of hydrogen-bond donors (Lipinski definition) is 2. The monoisotopic (exact) mass is 243 g/mol. The van der Waals surface area contributed by atoms with Crippen LogP contribution in [0.2, 0.25) is 0 Å².